The van der Waals surface area contributed by atoms with E-state index < -0.39 is 17.8 Å². The molecule has 3 aromatic carbocycles. The molecule has 0 aliphatic heterocycles. The monoisotopic (exact) mass is 462 g/mol. The van der Waals surface area contributed by atoms with Crippen LogP contribution in [0.1, 0.15) is 34.6 Å². The molecule has 8 heteroatoms. The zero-order valence-electron chi connectivity index (χ0n) is 18.2. The molecule has 0 saturated heterocycles. The van der Waals surface area contributed by atoms with E-state index in [1.165, 1.54) is 11.3 Å². The highest BCUT2D eigenvalue weighted by atomic mass is 32.1. The molecular weight excluding hydrogens is 440 g/mol. The van der Waals surface area contributed by atoms with Gasteiger partial charge in [0.15, 0.2) is 4.80 Å². The van der Waals surface area contributed by atoms with E-state index in [0.29, 0.717) is 26.1 Å². The Labute approximate surface area is 193 Å². The molecule has 168 valence electrons. The van der Waals surface area contributed by atoms with Gasteiger partial charge in [-0.15, -0.1) is 0 Å². The first-order chi connectivity index (χ1) is 16.0. The number of amides is 1. The molecule has 0 aliphatic rings. The standard InChI is InChI=1S/C25H22N2O5S/c1-3-31-22(28)15-27-20-12-11-19(24(30)32-4-2)14-21(20)33-25(27)26-23(29)18-10-9-16-7-5-6-8-17(16)13-18/h5-14H,3-4,15H2,1-2H3. The SMILES string of the molecule is CCOC(=O)Cn1c(=NC(=O)c2ccc3ccccc3c2)sc2cc(C(=O)OCC)ccc21. The first-order valence-electron chi connectivity index (χ1n) is 10.5. The first-order valence-corrected chi connectivity index (χ1v) is 11.4. The highest BCUT2D eigenvalue weighted by Crippen LogP contribution is 2.21. The van der Waals surface area contributed by atoms with Gasteiger partial charge >= 0.3 is 11.9 Å². The fraction of sp³-hybridized carbons (Fsp3) is 0.200. The Morgan fingerprint density at radius 1 is 0.879 bits per heavy atom. The van der Waals surface area contributed by atoms with Crippen LogP contribution in [0.15, 0.2) is 65.7 Å². The average Bonchev–Trinajstić information content (AvgIpc) is 3.14. The topological polar surface area (TPSA) is 87.0 Å². The fourth-order valence-corrected chi connectivity index (χ4v) is 4.53. The zero-order valence-corrected chi connectivity index (χ0v) is 19.1. The van der Waals surface area contributed by atoms with Crippen LogP contribution in [0, 0.1) is 0 Å². The van der Waals surface area contributed by atoms with Gasteiger partial charge in [-0.05, 0) is 55.0 Å². The van der Waals surface area contributed by atoms with Crippen molar-refractivity contribution in [2.75, 3.05) is 13.2 Å². The van der Waals surface area contributed by atoms with Crippen molar-refractivity contribution in [3.8, 4) is 0 Å². The van der Waals surface area contributed by atoms with Crippen molar-refractivity contribution < 1.29 is 23.9 Å². The second-order valence-corrected chi connectivity index (χ2v) is 8.17. The molecule has 4 rings (SSSR count). The van der Waals surface area contributed by atoms with Crippen LogP contribution >= 0.6 is 11.3 Å². The van der Waals surface area contributed by atoms with Crippen molar-refractivity contribution in [3.05, 3.63) is 76.6 Å². The van der Waals surface area contributed by atoms with Crippen LogP contribution in [0.4, 0.5) is 0 Å². The molecule has 0 radical (unpaired) electrons. The van der Waals surface area contributed by atoms with E-state index in [0.717, 1.165) is 10.8 Å². The molecule has 33 heavy (non-hydrogen) atoms. The third-order valence-electron chi connectivity index (χ3n) is 4.98. The van der Waals surface area contributed by atoms with Crippen LogP contribution in [0.25, 0.3) is 21.0 Å². The van der Waals surface area contributed by atoms with Crippen LogP contribution in [-0.4, -0.2) is 35.6 Å². The molecule has 4 aromatic rings. The van der Waals surface area contributed by atoms with Crippen molar-refractivity contribution in [1.29, 1.82) is 0 Å². The average molecular weight is 463 g/mol. The maximum absolute atomic E-state index is 13.0. The van der Waals surface area contributed by atoms with Crippen molar-refractivity contribution >= 4 is 50.2 Å². The van der Waals surface area contributed by atoms with Gasteiger partial charge in [-0.2, -0.15) is 4.99 Å². The summed E-state index contributed by atoms with van der Waals surface area (Å²) in [5, 5.41) is 1.97. The Balaban J connectivity index is 1.80. The number of fused-ring (bicyclic) bond motifs is 2. The number of hydrogen-bond donors (Lipinski definition) is 0. The van der Waals surface area contributed by atoms with Crippen molar-refractivity contribution in [1.82, 2.24) is 4.57 Å². The predicted octanol–water partition coefficient (Wildman–Crippen LogP) is 4.34. The van der Waals surface area contributed by atoms with Crippen molar-refractivity contribution in [2.24, 2.45) is 4.99 Å². The van der Waals surface area contributed by atoms with Crippen LogP contribution in [0.5, 0.6) is 0 Å². The maximum Gasteiger partial charge on any atom is 0.338 e. The number of thiazole rings is 1. The van der Waals surface area contributed by atoms with Crippen LogP contribution in [0.3, 0.4) is 0 Å². The third-order valence-corrected chi connectivity index (χ3v) is 6.02. The molecule has 7 nitrogen and oxygen atoms in total. The van der Waals surface area contributed by atoms with E-state index in [1.807, 2.05) is 30.3 Å². The van der Waals surface area contributed by atoms with Crippen LogP contribution in [-0.2, 0) is 20.8 Å². The van der Waals surface area contributed by atoms with E-state index in [1.54, 1.807) is 48.7 Å². The molecule has 0 bridgehead atoms. The van der Waals surface area contributed by atoms with Gasteiger partial charge in [0.2, 0.25) is 0 Å². The minimum atomic E-state index is -0.439. The predicted molar refractivity (Wildman–Crippen MR) is 126 cm³/mol. The second kappa shape index (κ2) is 9.79. The maximum atomic E-state index is 13.0. The van der Waals surface area contributed by atoms with Crippen LogP contribution in [0.2, 0.25) is 0 Å². The first kappa shape index (κ1) is 22.4. The van der Waals surface area contributed by atoms with E-state index >= 15 is 0 Å². The molecule has 0 fully saturated rings. The van der Waals surface area contributed by atoms with Gasteiger partial charge < -0.3 is 14.0 Å². The molecule has 0 aliphatic carbocycles. The molecule has 0 N–H and O–H groups in total. The Bertz CT molecular complexity index is 1430. The Morgan fingerprint density at radius 3 is 2.36 bits per heavy atom. The molecule has 0 spiro atoms. The minimum absolute atomic E-state index is 0.101. The van der Waals surface area contributed by atoms with Gasteiger partial charge in [0.1, 0.15) is 6.54 Å². The lowest BCUT2D eigenvalue weighted by Gasteiger charge is -2.06. The molecule has 1 aromatic heterocycles. The lowest BCUT2D eigenvalue weighted by molar-refractivity contribution is -0.143. The summed E-state index contributed by atoms with van der Waals surface area (Å²) in [5.74, 6) is -1.29. The fourth-order valence-electron chi connectivity index (χ4n) is 3.46. The van der Waals surface area contributed by atoms with E-state index in [-0.39, 0.29) is 19.8 Å². The van der Waals surface area contributed by atoms with Gasteiger partial charge in [-0.3, -0.25) is 9.59 Å². The van der Waals surface area contributed by atoms with E-state index in [9.17, 15) is 14.4 Å². The quantitative estimate of drug-likeness (QED) is 0.398. The number of aromatic nitrogens is 1. The molecular formula is C25H22N2O5S. The minimum Gasteiger partial charge on any atom is -0.465 e. The number of ether oxygens (including phenoxy) is 2. The summed E-state index contributed by atoms with van der Waals surface area (Å²) in [7, 11) is 0. The van der Waals surface area contributed by atoms with E-state index in [4.69, 9.17) is 9.47 Å². The third kappa shape index (κ3) is 4.85. The summed E-state index contributed by atoms with van der Waals surface area (Å²) in [6.07, 6.45) is 0. The van der Waals surface area contributed by atoms with E-state index in [2.05, 4.69) is 4.99 Å². The number of esters is 2. The Morgan fingerprint density at radius 2 is 1.61 bits per heavy atom. The molecule has 0 unspecified atom stereocenters. The van der Waals surface area contributed by atoms with Crippen LogP contribution < -0.4 is 4.80 Å². The lowest BCUT2D eigenvalue weighted by atomic mass is 10.1. The number of benzene rings is 3. The molecule has 1 heterocycles. The summed E-state index contributed by atoms with van der Waals surface area (Å²) < 4.78 is 12.5. The normalized spacial score (nSPS) is 11.6. The van der Waals surface area contributed by atoms with Gasteiger partial charge in [0.05, 0.1) is 29.0 Å². The van der Waals surface area contributed by atoms with Crippen molar-refractivity contribution in [2.45, 2.75) is 20.4 Å². The number of carbonyl (C=O) groups is 3. The number of hydrogen-bond acceptors (Lipinski definition) is 6. The Hall–Kier alpha value is -3.78. The Kier molecular flexibility index (Phi) is 6.65. The molecule has 0 saturated carbocycles. The van der Waals surface area contributed by atoms with Gasteiger partial charge in [-0.25, -0.2) is 4.79 Å². The van der Waals surface area contributed by atoms with Crippen molar-refractivity contribution in [3.63, 3.8) is 0 Å². The summed E-state index contributed by atoms with van der Waals surface area (Å²) >= 11 is 1.22. The highest BCUT2D eigenvalue weighted by Gasteiger charge is 2.15. The second-order valence-electron chi connectivity index (χ2n) is 7.16. The van der Waals surface area contributed by atoms with Gasteiger partial charge in [0.25, 0.3) is 5.91 Å². The number of rotatable bonds is 6. The molecule has 0 atom stereocenters. The summed E-state index contributed by atoms with van der Waals surface area (Å²) in [5.41, 5.74) is 1.51. The van der Waals surface area contributed by atoms with Gasteiger partial charge in [-0.1, -0.05) is 41.7 Å². The number of carbonyl (C=O) groups excluding carboxylic acids is 3. The zero-order chi connectivity index (χ0) is 23.4. The summed E-state index contributed by atoms with van der Waals surface area (Å²) in [6.45, 7) is 3.89. The smallest absolute Gasteiger partial charge is 0.338 e. The molecule has 1 amide bonds. The van der Waals surface area contributed by atoms with Gasteiger partial charge in [0, 0.05) is 5.56 Å². The number of nitrogens with zero attached hydrogens (tertiary/aromatic N) is 2. The highest BCUT2D eigenvalue weighted by molar-refractivity contribution is 7.16. The summed E-state index contributed by atoms with van der Waals surface area (Å²) in [6, 6.07) is 18.2. The summed E-state index contributed by atoms with van der Waals surface area (Å²) in [4.78, 5) is 42.0. The largest absolute Gasteiger partial charge is 0.465 e. The lowest BCUT2D eigenvalue weighted by Crippen LogP contribution is -2.23.